The summed E-state index contributed by atoms with van der Waals surface area (Å²) in [5, 5.41) is 14.9. The predicted molar refractivity (Wildman–Crippen MR) is 60.0 cm³/mol. The quantitative estimate of drug-likeness (QED) is 0.823. The fraction of sp³-hybridized carbons (Fsp3) is 0. The van der Waals surface area contributed by atoms with Gasteiger partial charge in [-0.25, -0.2) is 9.59 Å². The third-order valence-electron chi connectivity index (χ3n) is 2.04. The molecular weight excluding hydrogens is 222 g/mol. The molecule has 0 aliphatic rings. The van der Waals surface area contributed by atoms with Gasteiger partial charge < -0.3 is 10.4 Å². The first-order chi connectivity index (χ1) is 8.16. The van der Waals surface area contributed by atoms with E-state index in [9.17, 15) is 9.59 Å². The van der Waals surface area contributed by atoms with Crippen LogP contribution in [0.2, 0.25) is 0 Å². The average molecular weight is 231 g/mol. The standard InChI is InChI=1S/C11H9N3O3/c15-10(16)9-6-7-14(13-9)11(17)12-8-4-2-1-3-5-8/h1-7H,(H,12,17)(H,15,16). The number of anilines is 1. The van der Waals surface area contributed by atoms with Crippen LogP contribution in [-0.4, -0.2) is 26.9 Å². The molecule has 0 bridgehead atoms. The lowest BCUT2D eigenvalue weighted by molar-refractivity contribution is 0.0690. The van der Waals surface area contributed by atoms with Crippen molar-refractivity contribution in [3.05, 3.63) is 48.3 Å². The summed E-state index contributed by atoms with van der Waals surface area (Å²) < 4.78 is 0.941. The van der Waals surface area contributed by atoms with Gasteiger partial charge in [-0.05, 0) is 18.2 Å². The number of rotatable bonds is 2. The Morgan fingerprint density at radius 1 is 1.18 bits per heavy atom. The number of carbonyl (C=O) groups is 2. The van der Waals surface area contributed by atoms with E-state index < -0.39 is 12.0 Å². The van der Waals surface area contributed by atoms with Crippen molar-refractivity contribution in [3.8, 4) is 0 Å². The summed E-state index contributed by atoms with van der Waals surface area (Å²) in [6, 6.07) is 9.57. The van der Waals surface area contributed by atoms with E-state index in [2.05, 4.69) is 10.4 Å². The molecule has 0 saturated carbocycles. The minimum Gasteiger partial charge on any atom is -0.476 e. The highest BCUT2D eigenvalue weighted by molar-refractivity contribution is 5.91. The molecule has 1 amide bonds. The summed E-state index contributed by atoms with van der Waals surface area (Å²) in [5.74, 6) is -1.17. The van der Waals surface area contributed by atoms with Gasteiger partial charge in [0.15, 0.2) is 5.69 Å². The van der Waals surface area contributed by atoms with Crippen molar-refractivity contribution in [3.63, 3.8) is 0 Å². The van der Waals surface area contributed by atoms with E-state index in [0.717, 1.165) is 4.68 Å². The summed E-state index contributed by atoms with van der Waals surface area (Å²) in [5.41, 5.74) is 0.443. The number of hydrogen-bond donors (Lipinski definition) is 2. The van der Waals surface area contributed by atoms with E-state index in [4.69, 9.17) is 5.11 Å². The maximum atomic E-state index is 11.6. The molecule has 17 heavy (non-hydrogen) atoms. The van der Waals surface area contributed by atoms with Crippen LogP contribution in [0.15, 0.2) is 42.6 Å². The molecule has 0 radical (unpaired) electrons. The molecule has 1 aromatic carbocycles. The number of hydrogen-bond acceptors (Lipinski definition) is 3. The van der Waals surface area contributed by atoms with E-state index in [-0.39, 0.29) is 5.69 Å². The van der Waals surface area contributed by atoms with Crippen molar-refractivity contribution >= 4 is 17.7 Å². The Kier molecular flexibility index (Phi) is 2.87. The Balaban J connectivity index is 2.12. The second kappa shape index (κ2) is 4.48. The molecule has 86 valence electrons. The SMILES string of the molecule is O=C(O)c1ccn(C(=O)Nc2ccccc2)n1. The van der Waals surface area contributed by atoms with Crippen molar-refractivity contribution in [2.75, 3.05) is 5.32 Å². The molecule has 0 fully saturated rings. The van der Waals surface area contributed by atoms with Crippen molar-refractivity contribution < 1.29 is 14.7 Å². The zero-order valence-electron chi connectivity index (χ0n) is 8.70. The zero-order valence-corrected chi connectivity index (χ0v) is 8.70. The van der Waals surface area contributed by atoms with Crippen LogP contribution >= 0.6 is 0 Å². The molecule has 2 rings (SSSR count). The van der Waals surface area contributed by atoms with Crippen LogP contribution in [0.5, 0.6) is 0 Å². The Labute approximate surface area is 96.5 Å². The molecule has 0 unspecified atom stereocenters. The number of para-hydroxylation sites is 1. The van der Waals surface area contributed by atoms with Crippen molar-refractivity contribution in [1.29, 1.82) is 0 Å². The molecule has 6 nitrogen and oxygen atoms in total. The third kappa shape index (κ3) is 2.49. The zero-order chi connectivity index (χ0) is 12.3. The highest BCUT2D eigenvalue weighted by atomic mass is 16.4. The number of nitrogens with one attached hydrogen (secondary N) is 1. The molecule has 2 N–H and O–H groups in total. The van der Waals surface area contributed by atoms with Gasteiger partial charge in [0, 0.05) is 11.9 Å². The second-order valence-electron chi connectivity index (χ2n) is 3.25. The summed E-state index contributed by atoms with van der Waals surface area (Å²) in [6.07, 6.45) is 1.29. The fourth-order valence-electron chi connectivity index (χ4n) is 1.25. The number of aromatic nitrogens is 2. The summed E-state index contributed by atoms with van der Waals surface area (Å²) >= 11 is 0. The highest BCUT2D eigenvalue weighted by Crippen LogP contribution is 2.05. The maximum absolute atomic E-state index is 11.6. The summed E-state index contributed by atoms with van der Waals surface area (Å²) in [4.78, 5) is 22.2. The molecule has 0 atom stereocenters. The molecular formula is C11H9N3O3. The largest absolute Gasteiger partial charge is 0.476 e. The topological polar surface area (TPSA) is 84.2 Å². The molecule has 0 saturated heterocycles. The Morgan fingerprint density at radius 2 is 1.88 bits per heavy atom. The third-order valence-corrected chi connectivity index (χ3v) is 2.04. The molecule has 0 spiro atoms. The van der Waals surface area contributed by atoms with E-state index in [1.165, 1.54) is 12.3 Å². The smallest absolute Gasteiger partial charge is 0.356 e. The van der Waals surface area contributed by atoms with Crippen LogP contribution in [0.4, 0.5) is 10.5 Å². The van der Waals surface area contributed by atoms with E-state index in [1.807, 2.05) is 6.07 Å². The number of carboxylic acids is 1. The first-order valence-corrected chi connectivity index (χ1v) is 4.82. The lowest BCUT2D eigenvalue weighted by Crippen LogP contribution is -2.20. The van der Waals surface area contributed by atoms with E-state index >= 15 is 0 Å². The van der Waals surface area contributed by atoms with Crippen LogP contribution in [0.3, 0.4) is 0 Å². The number of aromatic carboxylic acids is 1. The monoisotopic (exact) mass is 231 g/mol. The second-order valence-corrected chi connectivity index (χ2v) is 3.25. The highest BCUT2D eigenvalue weighted by Gasteiger charge is 2.11. The Hall–Kier alpha value is -2.63. The Morgan fingerprint density at radius 3 is 2.47 bits per heavy atom. The van der Waals surface area contributed by atoms with Gasteiger partial charge in [0.1, 0.15) is 0 Å². The van der Waals surface area contributed by atoms with E-state index in [0.29, 0.717) is 5.69 Å². The van der Waals surface area contributed by atoms with Crippen LogP contribution in [0.1, 0.15) is 10.5 Å². The lowest BCUT2D eigenvalue weighted by Gasteiger charge is -2.03. The maximum Gasteiger partial charge on any atom is 0.356 e. The van der Waals surface area contributed by atoms with Gasteiger partial charge in [0.05, 0.1) is 0 Å². The number of amides is 1. The van der Waals surface area contributed by atoms with E-state index in [1.54, 1.807) is 24.3 Å². The summed E-state index contributed by atoms with van der Waals surface area (Å²) in [6.45, 7) is 0. The number of carbonyl (C=O) groups excluding carboxylic acids is 1. The summed E-state index contributed by atoms with van der Waals surface area (Å²) in [7, 11) is 0. The van der Waals surface area contributed by atoms with Crippen LogP contribution in [-0.2, 0) is 0 Å². The predicted octanol–water partition coefficient (Wildman–Crippen LogP) is 1.66. The normalized spacial score (nSPS) is 9.88. The van der Waals surface area contributed by atoms with Gasteiger partial charge >= 0.3 is 12.0 Å². The molecule has 6 heteroatoms. The number of nitrogens with zero attached hydrogens (tertiary/aromatic N) is 2. The number of benzene rings is 1. The van der Waals surface area contributed by atoms with Crippen LogP contribution in [0.25, 0.3) is 0 Å². The molecule has 0 aliphatic carbocycles. The van der Waals surface area contributed by atoms with Crippen LogP contribution < -0.4 is 5.32 Å². The fourth-order valence-corrected chi connectivity index (χ4v) is 1.25. The molecule has 0 aliphatic heterocycles. The van der Waals surface area contributed by atoms with Crippen molar-refractivity contribution in [2.24, 2.45) is 0 Å². The Bertz CT molecular complexity index is 548. The van der Waals surface area contributed by atoms with Gasteiger partial charge in [-0.2, -0.15) is 9.78 Å². The van der Waals surface area contributed by atoms with Gasteiger partial charge in [0.25, 0.3) is 0 Å². The molecule has 1 heterocycles. The minimum absolute atomic E-state index is 0.173. The van der Waals surface area contributed by atoms with Crippen LogP contribution in [0, 0.1) is 0 Å². The molecule has 2 aromatic rings. The first-order valence-electron chi connectivity index (χ1n) is 4.82. The first kappa shape index (κ1) is 10.9. The minimum atomic E-state index is -1.17. The van der Waals surface area contributed by atoms with Crippen molar-refractivity contribution in [1.82, 2.24) is 9.78 Å². The number of carboxylic acid groups (broad SMARTS) is 1. The average Bonchev–Trinajstić information content (AvgIpc) is 2.79. The molecule has 1 aromatic heterocycles. The lowest BCUT2D eigenvalue weighted by atomic mass is 10.3. The van der Waals surface area contributed by atoms with Crippen molar-refractivity contribution in [2.45, 2.75) is 0 Å². The van der Waals surface area contributed by atoms with Gasteiger partial charge in [-0.15, -0.1) is 0 Å². The van der Waals surface area contributed by atoms with Gasteiger partial charge in [0.2, 0.25) is 0 Å². The van der Waals surface area contributed by atoms with Gasteiger partial charge in [-0.1, -0.05) is 18.2 Å². The van der Waals surface area contributed by atoms with Gasteiger partial charge in [-0.3, -0.25) is 0 Å².